The number of nitrogens with zero attached hydrogens (tertiary/aromatic N) is 2. The summed E-state index contributed by atoms with van der Waals surface area (Å²) in [4.78, 5) is 20.5. The Morgan fingerprint density at radius 3 is 2.56 bits per heavy atom. The molecular weight excluding hydrogens is 448 g/mol. The second-order valence-electron chi connectivity index (χ2n) is 11.1. The second kappa shape index (κ2) is 8.39. The minimum Gasteiger partial charge on any atom is -0.493 e. The number of benzene rings is 3. The van der Waals surface area contributed by atoms with Crippen LogP contribution in [0.25, 0.3) is 32.8 Å². The summed E-state index contributed by atoms with van der Waals surface area (Å²) in [6, 6.07) is 14.8. The van der Waals surface area contributed by atoms with E-state index in [4.69, 9.17) is 14.5 Å². The van der Waals surface area contributed by atoms with E-state index in [2.05, 4.69) is 54.4 Å². The SMILES string of the molecule is CC(=O)[C@@H](OC(C)(C)C)c1c2c(c3ccccc3c1-c1ccc3c4c(ccnc14)CCO3)CN(C)C2. The maximum Gasteiger partial charge on any atom is 0.163 e. The maximum absolute atomic E-state index is 13.3. The van der Waals surface area contributed by atoms with Gasteiger partial charge in [0.1, 0.15) is 11.9 Å². The van der Waals surface area contributed by atoms with Crippen LogP contribution < -0.4 is 4.74 Å². The average molecular weight is 481 g/mol. The van der Waals surface area contributed by atoms with Crippen molar-refractivity contribution < 1.29 is 14.3 Å². The Balaban J connectivity index is 1.77. The summed E-state index contributed by atoms with van der Waals surface area (Å²) >= 11 is 0. The Labute approximate surface area is 212 Å². The maximum atomic E-state index is 13.3. The van der Waals surface area contributed by atoms with Gasteiger partial charge in [0.25, 0.3) is 0 Å². The van der Waals surface area contributed by atoms with Crippen molar-refractivity contribution in [3.63, 3.8) is 0 Å². The molecule has 6 rings (SSSR count). The largest absolute Gasteiger partial charge is 0.493 e. The number of ether oxygens (including phenoxy) is 2. The molecule has 0 bridgehead atoms. The molecule has 1 aromatic heterocycles. The highest BCUT2D eigenvalue weighted by atomic mass is 16.5. The number of fused-ring (bicyclic) bond motifs is 3. The average Bonchev–Trinajstić information content (AvgIpc) is 3.23. The van der Waals surface area contributed by atoms with Gasteiger partial charge in [-0.2, -0.15) is 0 Å². The molecular formula is C31H32N2O3. The molecule has 3 heterocycles. The summed E-state index contributed by atoms with van der Waals surface area (Å²) in [5, 5.41) is 3.43. The molecule has 4 aromatic rings. The number of rotatable bonds is 4. The van der Waals surface area contributed by atoms with Crippen molar-refractivity contribution in [3.8, 4) is 16.9 Å². The van der Waals surface area contributed by atoms with Gasteiger partial charge in [0, 0.05) is 42.2 Å². The van der Waals surface area contributed by atoms with Crippen LogP contribution in [0, 0.1) is 0 Å². The second-order valence-corrected chi connectivity index (χ2v) is 11.1. The van der Waals surface area contributed by atoms with Gasteiger partial charge in [0.2, 0.25) is 0 Å². The Morgan fingerprint density at radius 2 is 1.81 bits per heavy atom. The van der Waals surface area contributed by atoms with E-state index >= 15 is 0 Å². The third-order valence-electron chi connectivity index (χ3n) is 7.28. The van der Waals surface area contributed by atoms with E-state index in [1.807, 2.05) is 27.0 Å². The fraction of sp³-hybridized carbons (Fsp3) is 0.355. The third-order valence-corrected chi connectivity index (χ3v) is 7.28. The zero-order valence-electron chi connectivity index (χ0n) is 21.6. The van der Waals surface area contributed by atoms with Crippen LogP contribution in [0.3, 0.4) is 0 Å². The molecule has 184 valence electrons. The fourth-order valence-corrected chi connectivity index (χ4v) is 5.92. The van der Waals surface area contributed by atoms with Crippen LogP contribution in [-0.2, 0) is 29.0 Å². The minimum absolute atomic E-state index is 0.0113. The van der Waals surface area contributed by atoms with Crippen molar-refractivity contribution in [2.24, 2.45) is 0 Å². The molecule has 1 atom stereocenters. The van der Waals surface area contributed by atoms with Gasteiger partial charge in [-0.15, -0.1) is 0 Å². The van der Waals surface area contributed by atoms with Crippen molar-refractivity contribution in [1.82, 2.24) is 9.88 Å². The molecule has 0 N–H and O–H groups in total. The summed E-state index contributed by atoms with van der Waals surface area (Å²) in [7, 11) is 2.13. The summed E-state index contributed by atoms with van der Waals surface area (Å²) in [6.07, 6.45) is 2.08. The van der Waals surface area contributed by atoms with Crippen molar-refractivity contribution in [2.45, 2.75) is 58.9 Å². The Hall–Kier alpha value is -3.28. The minimum atomic E-state index is -0.674. The predicted molar refractivity (Wildman–Crippen MR) is 143 cm³/mol. The highest BCUT2D eigenvalue weighted by Gasteiger charge is 2.35. The van der Waals surface area contributed by atoms with Gasteiger partial charge in [-0.25, -0.2) is 0 Å². The van der Waals surface area contributed by atoms with Gasteiger partial charge >= 0.3 is 0 Å². The molecule has 0 saturated heterocycles. The van der Waals surface area contributed by atoms with Gasteiger partial charge in [-0.3, -0.25) is 14.7 Å². The van der Waals surface area contributed by atoms with E-state index in [0.29, 0.717) is 6.61 Å². The number of carbonyl (C=O) groups is 1. The first-order valence-corrected chi connectivity index (χ1v) is 12.7. The fourth-order valence-electron chi connectivity index (χ4n) is 5.92. The van der Waals surface area contributed by atoms with Crippen LogP contribution in [-0.4, -0.2) is 34.9 Å². The molecule has 0 unspecified atom stereocenters. The van der Waals surface area contributed by atoms with E-state index in [9.17, 15) is 4.79 Å². The van der Waals surface area contributed by atoms with Crippen molar-refractivity contribution >= 4 is 27.5 Å². The number of Topliss-reactive ketones (excluding diaryl/α,β-unsaturated/α-hetero) is 1. The normalized spacial score (nSPS) is 16.2. The predicted octanol–water partition coefficient (Wildman–Crippen LogP) is 6.38. The van der Waals surface area contributed by atoms with E-state index in [1.165, 1.54) is 22.1 Å². The lowest BCUT2D eigenvalue weighted by Crippen LogP contribution is -2.27. The summed E-state index contributed by atoms with van der Waals surface area (Å²) in [5.74, 6) is 0.890. The molecule has 0 aliphatic carbocycles. The number of hydrogen-bond acceptors (Lipinski definition) is 5. The summed E-state index contributed by atoms with van der Waals surface area (Å²) in [5.41, 5.74) is 7.23. The number of aromatic nitrogens is 1. The first kappa shape index (κ1) is 23.1. The molecule has 2 aliphatic rings. The monoisotopic (exact) mass is 480 g/mol. The molecule has 0 amide bonds. The molecule has 0 radical (unpaired) electrons. The highest BCUT2D eigenvalue weighted by Crippen LogP contribution is 2.48. The summed E-state index contributed by atoms with van der Waals surface area (Å²) in [6.45, 7) is 9.98. The Bertz CT molecular complexity index is 1520. The van der Waals surface area contributed by atoms with E-state index in [1.54, 1.807) is 6.92 Å². The molecule has 0 spiro atoms. The molecule has 5 nitrogen and oxygen atoms in total. The first-order chi connectivity index (χ1) is 17.2. The van der Waals surface area contributed by atoms with Crippen molar-refractivity contribution in [3.05, 3.63) is 70.9 Å². The molecule has 0 fully saturated rings. The molecule has 3 aromatic carbocycles. The first-order valence-electron chi connectivity index (χ1n) is 12.7. The Kier molecular flexibility index (Phi) is 5.39. The number of carbonyl (C=O) groups excluding carboxylic acids is 1. The number of hydrogen-bond donors (Lipinski definition) is 0. The topological polar surface area (TPSA) is 51.7 Å². The van der Waals surface area contributed by atoms with Gasteiger partial charge in [0.15, 0.2) is 5.78 Å². The van der Waals surface area contributed by atoms with Crippen molar-refractivity contribution in [1.29, 1.82) is 0 Å². The van der Waals surface area contributed by atoms with Crippen LogP contribution in [0.1, 0.15) is 56.1 Å². The molecule has 2 aliphatic heterocycles. The van der Waals surface area contributed by atoms with Crippen LogP contribution in [0.4, 0.5) is 0 Å². The van der Waals surface area contributed by atoms with E-state index < -0.39 is 11.7 Å². The Morgan fingerprint density at radius 1 is 1.06 bits per heavy atom. The standard InChI is InChI=1S/C31H32N2O3/c1-18(34)30(36-31(2,3)4)28-24-17-33(5)16-23(24)20-8-6-7-9-21(20)27(28)22-10-11-25-26-19(13-15-35-25)12-14-32-29(22)26/h6-12,14,30H,13,15-17H2,1-5H3/t30-/m1/s1. The summed E-state index contributed by atoms with van der Waals surface area (Å²) < 4.78 is 12.6. The smallest absolute Gasteiger partial charge is 0.163 e. The zero-order valence-corrected chi connectivity index (χ0v) is 21.6. The lowest BCUT2D eigenvalue weighted by molar-refractivity contribution is -0.138. The quantitative estimate of drug-likeness (QED) is 0.339. The lowest BCUT2D eigenvalue weighted by atomic mass is 9.82. The van der Waals surface area contributed by atoms with Crippen molar-refractivity contribution in [2.75, 3.05) is 13.7 Å². The third kappa shape index (κ3) is 3.69. The zero-order chi connectivity index (χ0) is 25.2. The van der Waals surface area contributed by atoms with Gasteiger partial charge in [0.05, 0.1) is 17.7 Å². The lowest BCUT2D eigenvalue weighted by Gasteiger charge is -2.30. The molecule has 0 saturated carbocycles. The molecule has 36 heavy (non-hydrogen) atoms. The molecule has 5 heteroatoms. The van der Waals surface area contributed by atoms with Gasteiger partial charge < -0.3 is 9.47 Å². The number of ketones is 1. The number of pyridine rings is 1. The van der Waals surface area contributed by atoms with Crippen LogP contribution in [0.2, 0.25) is 0 Å². The van der Waals surface area contributed by atoms with E-state index in [-0.39, 0.29) is 5.78 Å². The van der Waals surface area contributed by atoms with E-state index in [0.717, 1.165) is 58.2 Å². The van der Waals surface area contributed by atoms with Crippen LogP contribution in [0.15, 0.2) is 48.7 Å². The highest BCUT2D eigenvalue weighted by molar-refractivity contribution is 6.10. The van der Waals surface area contributed by atoms with Gasteiger partial charge in [-0.1, -0.05) is 24.3 Å². The van der Waals surface area contributed by atoms with Crippen LogP contribution >= 0.6 is 0 Å². The van der Waals surface area contributed by atoms with Gasteiger partial charge in [-0.05, 0) is 86.0 Å². The van der Waals surface area contributed by atoms with Crippen LogP contribution in [0.5, 0.6) is 5.75 Å².